The minimum Gasteiger partial charge on any atom is -0.452 e. The van der Waals surface area contributed by atoms with Crippen LogP contribution in [0.4, 0.5) is 0 Å². The average Bonchev–Trinajstić information content (AvgIpc) is 2.68. The third-order valence-corrected chi connectivity index (χ3v) is 3.94. The molecule has 0 radical (unpaired) electrons. The SMILES string of the molecule is CCNC(=O)[C@@H](C)OC(=O)C[C@H](NC(=O)c1ccccc1)c1ccccc1. The predicted octanol–water partition coefficient (Wildman–Crippen LogP) is 2.62. The highest BCUT2D eigenvalue weighted by Gasteiger charge is 2.23. The van der Waals surface area contributed by atoms with E-state index >= 15 is 0 Å². The summed E-state index contributed by atoms with van der Waals surface area (Å²) >= 11 is 0. The van der Waals surface area contributed by atoms with Crippen LogP contribution in [-0.4, -0.2) is 30.4 Å². The fourth-order valence-electron chi connectivity index (χ4n) is 2.55. The average molecular weight is 368 g/mol. The highest BCUT2D eigenvalue weighted by molar-refractivity contribution is 5.94. The van der Waals surface area contributed by atoms with Crippen molar-refractivity contribution in [3.8, 4) is 0 Å². The third kappa shape index (κ3) is 6.26. The van der Waals surface area contributed by atoms with Crippen molar-refractivity contribution < 1.29 is 19.1 Å². The summed E-state index contributed by atoms with van der Waals surface area (Å²) in [5.74, 6) is -1.19. The number of carbonyl (C=O) groups is 3. The summed E-state index contributed by atoms with van der Waals surface area (Å²) in [6.07, 6.45) is -0.967. The van der Waals surface area contributed by atoms with Crippen LogP contribution in [0.15, 0.2) is 60.7 Å². The molecule has 0 aliphatic carbocycles. The molecule has 2 N–H and O–H groups in total. The summed E-state index contributed by atoms with van der Waals surface area (Å²) in [4.78, 5) is 36.5. The van der Waals surface area contributed by atoms with E-state index in [4.69, 9.17) is 4.74 Å². The van der Waals surface area contributed by atoms with Gasteiger partial charge in [0.05, 0.1) is 12.5 Å². The van der Waals surface area contributed by atoms with Gasteiger partial charge in [0.1, 0.15) is 0 Å². The Morgan fingerprint density at radius 1 is 0.963 bits per heavy atom. The van der Waals surface area contributed by atoms with Gasteiger partial charge in [0.25, 0.3) is 11.8 Å². The monoisotopic (exact) mass is 368 g/mol. The molecule has 0 aromatic heterocycles. The van der Waals surface area contributed by atoms with Crippen LogP contribution in [0.25, 0.3) is 0 Å². The Balaban J connectivity index is 2.08. The Labute approximate surface area is 158 Å². The largest absolute Gasteiger partial charge is 0.452 e. The molecular formula is C21H24N2O4. The number of likely N-dealkylation sites (N-methyl/N-ethyl adjacent to an activating group) is 1. The minimum atomic E-state index is -0.890. The zero-order chi connectivity index (χ0) is 19.6. The van der Waals surface area contributed by atoms with Crippen molar-refractivity contribution in [2.75, 3.05) is 6.54 Å². The Hall–Kier alpha value is -3.15. The summed E-state index contributed by atoms with van der Waals surface area (Å²) in [6.45, 7) is 3.76. The number of rotatable bonds is 8. The maximum atomic E-state index is 12.5. The Morgan fingerprint density at radius 2 is 1.56 bits per heavy atom. The van der Waals surface area contributed by atoms with Gasteiger partial charge < -0.3 is 15.4 Å². The van der Waals surface area contributed by atoms with Crippen LogP contribution in [0.1, 0.15) is 42.2 Å². The number of ether oxygens (including phenoxy) is 1. The van der Waals surface area contributed by atoms with Crippen LogP contribution in [0.3, 0.4) is 0 Å². The van der Waals surface area contributed by atoms with Gasteiger partial charge in [-0.2, -0.15) is 0 Å². The zero-order valence-corrected chi connectivity index (χ0v) is 15.5. The fraction of sp³-hybridized carbons (Fsp3) is 0.286. The van der Waals surface area contributed by atoms with Gasteiger partial charge in [0.15, 0.2) is 6.10 Å². The molecule has 142 valence electrons. The summed E-state index contributed by atoms with van der Waals surface area (Å²) in [7, 11) is 0. The molecule has 0 saturated carbocycles. The second-order valence-electron chi connectivity index (χ2n) is 6.03. The van der Waals surface area contributed by atoms with E-state index in [0.29, 0.717) is 12.1 Å². The van der Waals surface area contributed by atoms with E-state index < -0.39 is 18.1 Å². The number of nitrogens with one attached hydrogen (secondary N) is 2. The fourth-order valence-corrected chi connectivity index (χ4v) is 2.55. The van der Waals surface area contributed by atoms with Gasteiger partial charge in [-0.25, -0.2) is 0 Å². The van der Waals surface area contributed by atoms with E-state index in [1.165, 1.54) is 6.92 Å². The molecule has 0 fully saturated rings. The standard InChI is InChI=1S/C21H24N2O4/c1-3-22-20(25)15(2)27-19(24)14-18(16-10-6-4-7-11-16)23-21(26)17-12-8-5-9-13-17/h4-13,15,18H,3,14H2,1-2H3,(H,22,25)(H,23,26)/t15-,18+/m1/s1. The first-order valence-corrected chi connectivity index (χ1v) is 8.89. The molecule has 0 spiro atoms. The van der Waals surface area contributed by atoms with E-state index in [-0.39, 0.29) is 18.2 Å². The summed E-state index contributed by atoms with van der Waals surface area (Å²) in [5, 5.41) is 5.47. The van der Waals surface area contributed by atoms with Crippen molar-refractivity contribution >= 4 is 17.8 Å². The lowest BCUT2D eigenvalue weighted by Gasteiger charge is -2.20. The molecule has 0 aliphatic heterocycles. The van der Waals surface area contributed by atoms with E-state index in [2.05, 4.69) is 10.6 Å². The molecule has 2 aromatic rings. The minimum absolute atomic E-state index is 0.0771. The van der Waals surface area contributed by atoms with Crippen molar-refractivity contribution in [3.63, 3.8) is 0 Å². The molecule has 0 unspecified atom stereocenters. The van der Waals surface area contributed by atoms with Gasteiger partial charge in [-0.3, -0.25) is 14.4 Å². The molecule has 0 aliphatic rings. The van der Waals surface area contributed by atoms with Crippen LogP contribution >= 0.6 is 0 Å². The number of hydrogen-bond acceptors (Lipinski definition) is 4. The molecule has 0 saturated heterocycles. The van der Waals surface area contributed by atoms with Gasteiger partial charge >= 0.3 is 5.97 Å². The number of esters is 1. The van der Waals surface area contributed by atoms with Gasteiger partial charge in [-0.1, -0.05) is 48.5 Å². The van der Waals surface area contributed by atoms with Gasteiger partial charge in [-0.15, -0.1) is 0 Å². The molecule has 2 amide bonds. The van der Waals surface area contributed by atoms with Crippen LogP contribution in [-0.2, 0) is 14.3 Å². The second kappa shape index (κ2) is 10.1. The van der Waals surface area contributed by atoms with Gasteiger partial charge in [0, 0.05) is 12.1 Å². The molecule has 0 bridgehead atoms. The normalized spacial score (nSPS) is 12.5. The predicted molar refractivity (Wildman–Crippen MR) is 102 cm³/mol. The lowest BCUT2D eigenvalue weighted by molar-refractivity contribution is -0.155. The van der Waals surface area contributed by atoms with Gasteiger partial charge in [0.2, 0.25) is 0 Å². The molecule has 0 heterocycles. The molecule has 2 rings (SSSR count). The second-order valence-corrected chi connectivity index (χ2v) is 6.03. The maximum Gasteiger partial charge on any atom is 0.309 e. The summed E-state index contributed by atoms with van der Waals surface area (Å²) < 4.78 is 5.20. The first-order valence-electron chi connectivity index (χ1n) is 8.89. The Bertz CT molecular complexity index is 762. The topological polar surface area (TPSA) is 84.5 Å². The number of hydrogen-bond donors (Lipinski definition) is 2. The first kappa shape index (κ1) is 20.2. The lowest BCUT2D eigenvalue weighted by atomic mass is 10.0. The zero-order valence-electron chi connectivity index (χ0n) is 15.5. The van der Waals surface area contributed by atoms with E-state index in [9.17, 15) is 14.4 Å². The van der Waals surface area contributed by atoms with Crippen LogP contribution in [0.5, 0.6) is 0 Å². The smallest absolute Gasteiger partial charge is 0.309 e. The summed E-state index contributed by atoms with van der Waals surface area (Å²) in [6, 6.07) is 17.4. The number of carbonyl (C=O) groups excluding carboxylic acids is 3. The quantitative estimate of drug-likeness (QED) is 0.702. The molecular weight excluding hydrogens is 344 g/mol. The first-order chi connectivity index (χ1) is 13.0. The van der Waals surface area contributed by atoms with Crippen molar-refractivity contribution in [2.45, 2.75) is 32.4 Å². The molecule has 6 heteroatoms. The van der Waals surface area contributed by atoms with Crippen molar-refractivity contribution in [3.05, 3.63) is 71.8 Å². The van der Waals surface area contributed by atoms with E-state index in [0.717, 1.165) is 5.56 Å². The lowest BCUT2D eigenvalue weighted by Crippen LogP contribution is -2.37. The van der Waals surface area contributed by atoms with Gasteiger partial charge in [-0.05, 0) is 31.5 Å². The Kier molecular flexibility index (Phi) is 7.55. The van der Waals surface area contributed by atoms with Crippen LogP contribution < -0.4 is 10.6 Å². The van der Waals surface area contributed by atoms with Crippen LogP contribution in [0, 0.1) is 0 Å². The molecule has 2 atom stereocenters. The molecule has 2 aromatic carbocycles. The number of amides is 2. The Morgan fingerprint density at radius 3 is 2.15 bits per heavy atom. The van der Waals surface area contributed by atoms with Crippen molar-refractivity contribution in [1.29, 1.82) is 0 Å². The summed E-state index contributed by atoms with van der Waals surface area (Å²) in [5.41, 5.74) is 1.28. The third-order valence-electron chi connectivity index (χ3n) is 3.94. The van der Waals surface area contributed by atoms with Crippen molar-refractivity contribution in [2.24, 2.45) is 0 Å². The van der Waals surface area contributed by atoms with E-state index in [1.807, 2.05) is 36.4 Å². The molecule has 27 heavy (non-hydrogen) atoms. The number of benzene rings is 2. The highest BCUT2D eigenvalue weighted by atomic mass is 16.5. The maximum absolute atomic E-state index is 12.5. The van der Waals surface area contributed by atoms with E-state index in [1.54, 1.807) is 31.2 Å². The highest BCUT2D eigenvalue weighted by Crippen LogP contribution is 2.18. The van der Waals surface area contributed by atoms with Crippen molar-refractivity contribution in [1.82, 2.24) is 10.6 Å². The molecule has 6 nitrogen and oxygen atoms in total. The van der Waals surface area contributed by atoms with Crippen LogP contribution in [0.2, 0.25) is 0 Å².